The Morgan fingerprint density at radius 3 is 2.29 bits per heavy atom. The van der Waals surface area contributed by atoms with Crippen LogP contribution in [0.15, 0.2) is 42.6 Å². The molecule has 86 valence electrons. The van der Waals surface area contributed by atoms with Gasteiger partial charge in [-0.2, -0.15) is 0 Å². The Labute approximate surface area is 97.5 Å². The van der Waals surface area contributed by atoms with E-state index in [-0.39, 0.29) is 5.88 Å². The predicted octanol–water partition coefficient (Wildman–Crippen LogP) is 0.693. The van der Waals surface area contributed by atoms with Crippen LogP contribution < -0.4 is 10.2 Å². The second kappa shape index (κ2) is 4.94. The van der Waals surface area contributed by atoms with Gasteiger partial charge in [0.15, 0.2) is 0 Å². The fourth-order valence-corrected chi connectivity index (χ4v) is 1.25. The molecule has 2 N–H and O–H groups in total. The molecule has 6 heteroatoms. The summed E-state index contributed by atoms with van der Waals surface area (Å²) < 4.78 is 17.9. The monoisotopic (exact) mass is 233 g/mol. The molecule has 0 aliphatic carbocycles. The molecule has 0 bridgehead atoms. The van der Waals surface area contributed by atoms with Gasteiger partial charge >= 0.3 is 7.12 Å². The molecule has 0 aliphatic rings. The van der Waals surface area contributed by atoms with E-state index in [1.807, 2.05) is 0 Å². The zero-order chi connectivity index (χ0) is 12.3. The number of rotatable bonds is 3. The molecule has 0 unspecified atom stereocenters. The average Bonchev–Trinajstić information content (AvgIpc) is 2.33. The third kappa shape index (κ3) is 3.02. The van der Waals surface area contributed by atoms with Gasteiger partial charge < -0.3 is 14.8 Å². The molecule has 0 aliphatic heterocycles. The smallest absolute Gasteiger partial charge is 0.439 e. The summed E-state index contributed by atoms with van der Waals surface area (Å²) in [5.41, 5.74) is 0.365. The first-order chi connectivity index (χ1) is 8.15. The van der Waals surface area contributed by atoms with Crippen molar-refractivity contribution < 1.29 is 19.2 Å². The third-order valence-electron chi connectivity index (χ3n) is 2.10. The number of hydrogen-bond acceptors (Lipinski definition) is 4. The van der Waals surface area contributed by atoms with Crippen LogP contribution in [0.1, 0.15) is 0 Å². The van der Waals surface area contributed by atoms with Crippen LogP contribution >= 0.6 is 0 Å². The molecule has 2 rings (SSSR count). The number of nitrogens with zero attached hydrogens (tertiary/aromatic N) is 1. The summed E-state index contributed by atoms with van der Waals surface area (Å²) in [6.07, 6.45) is 1.06. The normalized spacial score (nSPS) is 10.1. The molecule has 0 spiro atoms. The lowest BCUT2D eigenvalue weighted by Crippen LogP contribution is -2.29. The molecular weight excluding hydrogens is 224 g/mol. The van der Waals surface area contributed by atoms with Crippen LogP contribution in [0.5, 0.6) is 11.6 Å². The summed E-state index contributed by atoms with van der Waals surface area (Å²) in [4.78, 5) is 3.74. The Bertz CT molecular complexity index is 487. The third-order valence-corrected chi connectivity index (χ3v) is 2.10. The second-order valence-corrected chi connectivity index (χ2v) is 3.36. The predicted molar refractivity (Wildman–Crippen MR) is 60.5 cm³/mol. The van der Waals surface area contributed by atoms with E-state index < -0.39 is 12.9 Å². The van der Waals surface area contributed by atoms with E-state index >= 15 is 0 Å². The summed E-state index contributed by atoms with van der Waals surface area (Å²) >= 11 is 0. The van der Waals surface area contributed by atoms with E-state index in [2.05, 4.69) is 4.98 Å². The first-order valence-electron chi connectivity index (χ1n) is 4.90. The van der Waals surface area contributed by atoms with E-state index in [1.54, 1.807) is 12.1 Å². The van der Waals surface area contributed by atoms with Crippen molar-refractivity contribution in [2.24, 2.45) is 0 Å². The van der Waals surface area contributed by atoms with Gasteiger partial charge in [0.25, 0.3) is 0 Å². The number of ether oxygens (including phenoxy) is 1. The quantitative estimate of drug-likeness (QED) is 0.765. The van der Waals surface area contributed by atoms with E-state index in [1.165, 1.54) is 24.3 Å². The van der Waals surface area contributed by atoms with Crippen molar-refractivity contribution in [3.8, 4) is 11.6 Å². The minimum atomic E-state index is -1.51. The Morgan fingerprint density at radius 2 is 1.76 bits per heavy atom. The second-order valence-electron chi connectivity index (χ2n) is 3.36. The maximum Gasteiger partial charge on any atom is 0.488 e. The zero-order valence-electron chi connectivity index (χ0n) is 8.75. The van der Waals surface area contributed by atoms with Crippen molar-refractivity contribution in [2.45, 2.75) is 0 Å². The average molecular weight is 233 g/mol. The highest BCUT2D eigenvalue weighted by molar-refractivity contribution is 6.58. The Kier molecular flexibility index (Phi) is 3.36. The summed E-state index contributed by atoms with van der Waals surface area (Å²) in [5.74, 6) is 0.313. The first kappa shape index (κ1) is 11.6. The standard InChI is InChI=1S/C11H9BFNO3/c13-9-3-6-11(14-7-9)17-10-4-1-8(2-5-10)12(15)16/h1-7,15-16H. The van der Waals surface area contributed by atoms with Crippen LogP contribution in [0, 0.1) is 5.82 Å². The largest absolute Gasteiger partial charge is 0.488 e. The van der Waals surface area contributed by atoms with Crippen molar-refractivity contribution in [3.63, 3.8) is 0 Å². The highest BCUT2D eigenvalue weighted by Crippen LogP contribution is 2.17. The number of pyridine rings is 1. The van der Waals surface area contributed by atoms with Crippen molar-refractivity contribution in [1.29, 1.82) is 0 Å². The van der Waals surface area contributed by atoms with Gasteiger partial charge in [-0.1, -0.05) is 12.1 Å². The maximum atomic E-state index is 12.6. The van der Waals surface area contributed by atoms with Gasteiger partial charge in [0, 0.05) is 6.07 Å². The van der Waals surface area contributed by atoms with Crippen molar-refractivity contribution in [1.82, 2.24) is 4.98 Å². The van der Waals surface area contributed by atoms with E-state index in [0.717, 1.165) is 6.20 Å². The SMILES string of the molecule is OB(O)c1ccc(Oc2ccc(F)cn2)cc1. The molecule has 0 saturated carbocycles. The van der Waals surface area contributed by atoms with E-state index in [0.29, 0.717) is 11.2 Å². The lowest BCUT2D eigenvalue weighted by atomic mass is 9.80. The summed E-state index contributed by atoms with van der Waals surface area (Å²) in [6, 6.07) is 8.82. The van der Waals surface area contributed by atoms with Gasteiger partial charge in [0.05, 0.1) is 6.20 Å². The van der Waals surface area contributed by atoms with Crippen LogP contribution in [0.2, 0.25) is 0 Å². The molecule has 0 saturated heterocycles. The van der Waals surface area contributed by atoms with Crippen LogP contribution in [-0.4, -0.2) is 22.2 Å². The molecule has 0 radical (unpaired) electrons. The minimum Gasteiger partial charge on any atom is -0.439 e. The molecule has 1 aromatic heterocycles. The Balaban J connectivity index is 2.11. The van der Waals surface area contributed by atoms with Gasteiger partial charge in [0.1, 0.15) is 11.6 Å². The molecule has 0 atom stereocenters. The zero-order valence-corrected chi connectivity index (χ0v) is 8.75. The molecule has 4 nitrogen and oxygen atoms in total. The van der Waals surface area contributed by atoms with Crippen LogP contribution in [-0.2, 0) is 0 Å². The Morgan fingerprint density at radius 1 is 1.06 bits per heavy atom. The number of hydrogen-bond donors (Lipinski definition) is 2. The van der Waals surface area contributed by atoms with Gasteiger partial charge in [-0.05, 0) is 23.7 Å². The van der Waals surface area contributed by atoms with Crippen molar-refractivity contribution in [2.75, 3.05) is 0 Å². The summed E-state index contributed by atoms with van der Waals surface area (Å²) in [7, 11) is -1.51. The molecule has 0 fully saturated rings. The van der Waals surface area contributed by atoms with Crippen molar-refractivity contribution >= 4 is 12.6 Å². The fourth-order valence-electron chi connectivity index (χ4n) is 1.25. The van der Waals surface area contributed by atoms with Gasteiger partial charge in [0.2, 0.25) is 5.88 Å². The van der Waals surface area contributed by atoms with Gasteiger partial charge in [-0.15, -0.1) is 0 Å². The fraction of sp³-hybridized carbons (Fsp3) is 0. The highest BCUT2D eigenvalue weighted by atomic mass is 19.1. The van der Waals surface area contributed by atoms with Crippen molar-refractivity contribution in [3.05, 3.63) is 48.4 Å². The number of aromatic nitrogens is 1. The summed E-state index contributed by atoms with van der Waals surface area (Å²) in [5, 5.41) is 17.8. The first-order valence-corrected chi connectivity index (χ1v) is 4.90. The van der Waals surface area contributed by atoms with E-state index in [4.69, 9.17) is 14.8 Å². The molecule has 0 amide bonds. The maximum absolute atomic E-state index is 12.6. The van der Waals surface area contributed by atoms with Crippen LogP contribution in [0.25, 0.3) is 0 Å². The number of halogens is 1. The lowest BCUT2D eigenvalue weighted by Gasteiger charge is -2.05. The molecule has 1 aromatic carbocycles. The van der Waals surface area contributed by atoms with Gasteiger partial charge in [-0.3, -0.25) is 0 Å². The number of benzene rings is 1. The van der Waals surface area contributed by atoms with Gasteiger partial charge in [-0.25, -0.2) is 9.37 Å². The molecule has 17 heavy (non-hydrogen) atoms. The lowest BCUT2D eigenvalue weighted by molar-refractivity contribution is 0.425. The minimum absolute atomic E-state index is 0.267. The highest BCUT2D eigenvalue weighted by Gasteiger charge is 2.10. The van der Waals surface area contributed by atoms with Crippen LogP contribution in [0.3, 0.4) is 0 Å². The van der Waals surface area contributed by atoms with Crippen LogP contribution in [0.4, 0.5) is 4.39 Å². The van der Waals surface area contributed by atoms with E-state index in [9.17, 15) is 4.39 Å². The Hall–Kier alpha value is -1.92. The molecule has 1 heterocycles. The molecule has 2 aromatic rings. The topological polar surface area (TPSA) is 62.6 Å². The molecular formula is C11H9BFNO3. The summed E-state index contributed by atoms with van der Waals surface area (Å²) in [6.45, 7) is 0.